The van der Waals surface area contributed by atoms with Gasteiger partial charge >= 0.3 is 0 Å². The molecule has 5 fully saturated rings. The quantitative estimate of drug-likeness (QED) is 0.303. The number of hydrogen-bond acceptors (Lipinski definition) is 10. The number of rotatable bonds is 3. The summed E-state index contributed by atoms with van der Waals surface area (Å²) in [6, 6.07) is 3.82. The second kappa shape index (κ2) is 11.2. The number of ether oxygens (including phenoxy) is 3. The molecule has 1 aliphatic carbocycles. The lowest BCUT2D eigenvalue weighted by Crippen LogP contribution is -2.63. The number of aliphatic hydroxyl groups excluding tert-OH is 2. The maximum absolute atomic E-state index is 14.1. The number of hydrogen-bond donors (Lipinski definition) is 4. The number of nitrogens with zero attached hydrogens (tertiary/aromatic N) is 3. The highest BCUT2D eigenvalue weighted by Gasteiger charge is 2.48. The minimum atomic E-state index is -1.30. The van der Waals surface area contributed by atoms with E-state index >= 15 is 0 Å². The molecule has 6 bridgehead atoms. The second-order valence-corrected chi connectivity index (χ2v) is 12.4. The van der Waals surface area contributed by atoms with Crippen molar-refractivity contribution < 1.29 is 43.6 Å². The van der Waals surface area contributed by atoms with E-state index in [4.69, 9.17) is 14.2 Å². The summed E-state index contributed by atoms with van der Waals surface area (Å²) in [4.78, 5) is 59.0. The molecule has 5 aliphatic heterocycles. The number of piperazine rings is 1. The van der Waals surface area contributed by atoms with Crippen molar-refractivity contribution in [3.8, 4) is 11.5 Å². The number of carbonyl (C=O) groups is 4. The van der Waals surface area contributed by atoms with Crippen LogP contribution in [0, 0.1) is 5.92 Å². The van der Waals surface area contributed by atoms with Gasteiger partial charge in [-0.1, -0.05) is 6.07 Å². The molecule has 232 valence electrons. The highest BCUT2D eigenvalue weighted by atomic mass is 16.7. The molecule has 4 amide bonds. The van der Waals surface area contributed by atoms with Gasteiger partial charge in [0.25, 0.3) is 0 Å². The van der Waals surface area contributed by atoms with Gasteiger partial charge in [0.05, 0.1) is 25.1 Å². The van der Waals surface area contributed by atoms with Gasteiger partial charge in [-0.05, 0) is 37.0 Å². The van der Waals surface area contributed by atoms with E-state index in [0.717, 1.165) is 18.4 Å². The average molecular weight is 600 g/mol. The largest absolute Gasteiger partial charge is 0.454 e. The molecule has 0 radical (unpaired) electrons. The monoisotopic (exact) mass is 599 g/mol. The Labute approximate surface area is 248 Å². The molecule has 43 heavy (non-hydrogen) atoms. The average Bonchev–Trinajstić information content (AvgIpc) is 3.54. The summed E-state index contributed by atoms with van der Waals surface area (Å²) < 4.78 is 16.8. The fourth-order valence-corrected chi connectivity index (χ4v) is 6.91. The van der Waals surface area contributed by atoms with E-state index in [1.807, 2.05) is 23.1 Å². The first-order valence-corrected chi connectivity index (χ1v) is 15.1. The van der Waals surface area contributed by atoms with Gasteiger partial charge in [0, 0.05) is 44.7 Å². The summed E-state index contributed by atoms with van der Waals surface area (Å²) >= 11 is 0. The Bertz CT molecular complexity index is 1310. The number of likely N-dealkylation sites (tertiary alicyclic amines) is 1. The van der Waals surface area contributed by atoms with Crippen molar-refractivity contribution in [1.29, 1.82) is 0 Å². The highest BCUT2D eigenvalue weighted by molar-refractivity contribution is 5.91. The molecule has 4 saturated heterocycles. The van der Waals surface area contributed by atoms with Crippen molar-refractivity contribution in [3.05, 3.63) is 23.8 Å². The first kappa shape index (κ1) is 28.3. The number of benzene rings is 1. The van der Waals surface area contributed by atoms with Crippen LogP contribution in [0.3, 0.4) is 0 Å². The Balaban J connectivity index is 1.16. The van der Waals surface area contributed by atoms with Crippen LogP contribution in [0.15, 0.2) is 18.2 Å². The van der Waals surface area contributed by atoms with Crippen LogP contribution in [0.4, 0.5) is 0 Å². The molecular weight excluding hydrogens is 562 g/mol. The summed E-state index contributed by atoms with van der Waals surface area (Å²) in [6.45, 7) is 1.43. The molecule has 1 saturated carbocycles. The number of fused-ring (bicyclic) bond motifs is 7. The highest BCUT2D eigenvalue weighted by Crippen LogP contribution is 2.35. The molecule has 14 heteroatoms. The summed E-state index contributed by atoms with van der Waals surface area (Å²) in [7, 11) is 0. The van der Waals surface area contributed by atoms with E-state index in [9.17, 15) is 29.4 Å². The van der Waals surface area contributed by atoms with Gasteiger partial charge in [0.15, 0.2) is 11.5 Å². The summed E-state index contributed by atoms with van der Waals surface area (Å²) in [6.07, 6.45) is -2.73. The van der Waals surface area contributed by atoms with E-state index in [-0.39, 0.29) is 62.5 Å². The lowest BCUT2D eigenvalue weighted by atomic mass is 10.0. The minimum absolute atomic E-state index is 0.0356. The van der Waals surface area contributed by atoms with Crippen molar-refractivity contribution in [2.45, 2.75) is 74.8 Å². The molecule has 0 unspecified atom stereocenters. The van der Waals surface area contributed by atoms with Crippen molar-refractivity contribution in [1.82, 2.24) is 25.3 Å². The fourth-order valence-electron chi connectivity index (χ4n) is 6.91. The number of aliphatic hydroxyl groups is 2. The molecule has 14 nitrogen and oxygen atoms in total. The van der Waals surface area contributed by atoms with Gasteiger partial charge in [0.1, 0.15) is 24.4 Å². The molecular formula is C29H37N5O9. The Morgan fingerprint density at radius 2 is 1.77 bits per heavy atom. The first-order valence-electron chi connectivity index (χ1n) is 15.1. The van der Waals surface area contributed by atoms with Crippen LogP contribution in [0.1, 0.15) is 31.2 Å². The summed E-state index contributed by atoms with van der Waals surface area (Å²) in [5.41, 5.74) is 0.916. The molecule has 5 heterocycles. The Morgan fingerprint density at radius 3 is 2.58 bits per heavy atom. The molecule has 7 atom stereocenters. The smallest absolute Gasteiger partial charge is 0.244 e. The molecule has 7 rings (SSSR count). The maximum atomic E-state index is 14.1. The normalized spacial score (nSPS) is 34.7. The van der Waals surface area contributed by atoms with Gasteiger partial charge in [-0.3, -0.25) is 24.1 Å². The van der Waals surface area contributed by atoms with Crippen molar-refractivity contribution >= 4 is 23.6 Å². The lowest BCUT2D eigenvalue weighted by Gasteiger charge is -2.42. The van der Waals surface area contributed by atoms with E-state index in [2.05, 4.69) is 10.6 Å². The second-order valence-electron chi connectivity index (χ2n) is 12.4. The van der Waals surface area contributed by atoms with Crippen molar-refractivity contribution in [2.24, 2.45) is 5.92 Å². The third-order valence-corrected chi connectivity index (χ3v) is 9.41. The SMILES string of the molecule is O=C1C[C@@H]2O[C@H](CNC(=O)[C@@H]3CN(CCN3C(=O)C3CC3)C(=O)[C@@H]3C[C@@H](CN3Cc3ccc4c(c3)OCO4)N1)[C@@H](O)[C@H]2O. The number of carbonyl (C=O) groups excluding carboxylic acids is 4. The molecule has 4 N–H and O–H groups in total. The van der Waals surface area contributed by atoms with Gasteiger partial charge < -0.3 is 44.9 Å². The van der Waals surface area contributed by atoms with Crippen molar-refractivity contribution in [3.63, 3.8) is 0 Å². The van der Waals surface area contributed by atoms with E-state index in [0.29, 0.717) is 37.6 Å². The summed E-state index contributed by atoms with van der Waals surface area (Å²) in [5, 5.41) is 26.9. The Hall–Kier alpha value is -3.46. The fraction of sp³-hybridized carbons (Fsp3) is 0.655. The third kappa shape index (κ3) is 5.52. The predicted octanol–water partition coefficient (Wildman–Crippen LogP) is -2.07. The van der Waals surface area contributed by atoms with E-state index < -0.39 is 42.4 Å². The van der Waals surface area contributed by atoms with Crippen LogP contribution in [0.5, 0.6) is 11.5 Å². The molecule has 1 aromatic rings. The zero-order valence-corrected chi connectivity index (χ0v) is 23.7. The van der Waals surface area contributed by atoms with Gasteiger partial charge in [-0.25, -0.2) is 0 Å². The maximum Gasteiger partial charge on any atom is 0.244 e. The van der Waals surface area contributed by atoms with Gasteiger partial charge in [-0.15, -0.1) is 0 Å². The summed E-state index contributed by atoms with van der Waals surface area (Å²) in [5.74, 6) is 0.149. The predicted molar refractivity (Wildman–Crippen MR) is 146 cm³/mol. The third-order valence-electron chi connectivity index (χ3n) is 9.41. The van der Waals surface area contributed by atoms with Crippen LogP contribution >= 0.6 is 0 Å². The van der Waals surface area contributed by atoms with E-state index in [1.54, 1.807) is 9.80 Å². The van der Waals surface area contributed by atoms with Crippen LogP contribution in [-0.2, 0) is 30.5 Å². The van der Waals surface area contributed by atoms with Crippen LogP contribution in [0.25, 0.3) is 0 Å². The van der Waals surface area contributed by atoms with Crippen LogP contribution in [-0.4, -0.2) is 131 Å². The Kier molecular flexibility index (Phi) is 7.40. The zero-order valence-electron chi connectivity index (χ0n) is 23.7. The van der Waals surface area contributed by atoms with Crippen molar-refractivity contribution in [2.75, 3.05) is 39.5 Å². The Morgan fingerprint density at radius 1 is 0.977 bits per heavy atom. The number of amides is 4. The van der Waals surface area contributed by atoms with Gasteiger partial charge in [0.2, 0.25) is 30.4 Å². The molecule has 1 aromatic carbocycles. The zero-order chi connectivity index (χ0) is 29.8. The van der Waals surface area contributed by atoms with Crippen LogP contribution < -0.4 is 20.1 Å². The van der Waals surface area contributed by atoms with Crippen LogP contribution in [0.2, 0.25) is 0 Å². The molecule has 0 spiro atoms. The lowest BCUT2D eigenvalue weighted by molar-refractivity contribution is -0.151. The topological polar surface area (TPSA) is 170 Å². The standard InChI is InChI=1S/C29H37N5O9/c35-24-9-22-25(36)26(37)23(43-22)10-30-27(38)19-13-32(5-6-34(19)28(39)16-2-3-16)29(40)18-8-17(31-24)12-33(18)11-15-1-4-20-21(7-15)42-14-41-20/h1,4,7,16-19,22-23,25-26,36-37H,2-3,5-6,8-14H2,(H,30,38)(H,31,35)/t17-,18-,19-,22-,23+,25-,26+/m0/s1. The number of nitrogens with one attached hydrogen (secondary N) is 2. The van der Waals surface area contributed by atoms with Gasteiger partial charge in [-0.2, -0.15) is 0 Å². The molecule has 0 aromatic heterocycles. The van der Waals surface area contributed by atoms with E-state index in [1.165, 1.54) is 0 Å². The molecule has 6 aliphatic rings. The first-order chi connectivity index (χ1) is 20.7. The minimum Gasteiger partial charge on any atom is -0.454 e.